The topological polar surface area (TPSA) is 33.1 Å². The smallest absolute Gasteiger partial charge is 0.0608 e. The molecule has 0 bridgehead atoms. The van der Waals surface area contributed by atoms with Crippen molar-refractivity contribution in [3.8, 4) is 0 Å². The highest BCUT2D eigenvalue weighted by atomic mass is 16.3. The van der Waals surface area contributed by atoms with Crippen LogP contribution in [0, 0.1) is 5.92 Å². The number of pyridine rings is 1. The molecule has 17 heavy (non-hydrogen) atoms. The van der Waals surface area contributed by atoms with Crippen molar-refractivity contribution in [2.24, 2.45) is 5.92 Å². The predicted octanol–water partition coefficient (Wildman–Crippen LogP) is 3.35. The maximum absolute atomic E-state index is 10.3. The first-order valence-corrected chi connectivity index (χ1v) is 6.93. The van der Waals surface area contributed by atoms with E-state index < -0.39 is 0 Å². The third kappa shape index (κ3) is 4.12. The van der Waals surface area contributed by atoms with Gasteiger partial charge in [0.05, 0.1) is 6.10 Å². The summed E-state index contributed by atoms with van der Waals surface area (Å²) in [7, 11) is 0. The molecule has 2 heteroatoms. The zero-order chi connectivity index (χ0) is 11.9. The monoisotopic (exact) mass is 233 g/mol. The highest BCUT2D eigenvalue weighted by molar-refractivity contribution is 5.10. The van der Waals surface area contributed by atoms with Gasteiger partial charge in [0.25, 0.3) is 0 Å². The van der Waals surface area contributed by atoms with Crippen LogP contribution in [0.3, 0.4) is 0 Å². The molecule has 1 aromatic rings. The Kier molecular flexibility index (Phi) is 4.99. The van der Waals surface area contributed by atoms with Crippen LogP contribution in [0.2, 0.25) is 0 Å². The molecule has 1 atom stereocenters. The zero-order valence-electron chi connectivity index (χ0n) is 10.5. The van der Waals surface area contributed by atoms with Gasteiger partial charge in [0.15, 0.2) is 0 Å². The standard InChI is InChI=1S/C15H23NO/c17-15(12-13-8-10-16-11-9-13)14-6-4-2-1-3-5-7-14/h8-11,14-15,17H,1-7,12H2. The van der Waals surface area contributed by atoms with Gasteiger partial charge in [-0.1, -0.05) is 32.1 Å². The zero-order valence-corrected chi connectivity index (χ0v) is 10.5. The van der Waals surface area contributed by atoms with Crippen LogP contribution in [0.1, 0.15) is 50.5 Å². The van der Waals surface area contributed by atoms with E-state index in [0.717, 1.165) is 6.42 Å². The Labute approximate surface area is 104 Å². The lowest BCUT2D eigenvalue weighted by molar-refractivity contribution is 0.0913. The lowest BCUT2D eigenvalue weighted by Crippen LogP contribution is -2.23. The minimum atomic E-state index is -0.171. The van der Waals surface area contributed by atoms with E-state index in [4.69, 9.17) is 0 Å². The molecule has 1 aliphatic rings. The fourth-order valence-corrected chi connectivity index (χ4v) is 2.80. The number of hydrogen-bond acceptors (Lipinski definition) is 2. The molecule has 1 aromatic heterocycles. The summed E-state index contributed by atoms with van der Waals surface area (Å²) in [6.07, 6.45) is 13.3. The highest BCUT2D eigenvalue weighted by Gasteiger charge is 2.20. The van der Waals surface area contributed by atoms with E-state index in [0.29, 0.717) is 5.92 Å². The van der Waals surface area contributed by atoms with E-state index >= 15 is 0 Å². The molecule has 1 aliphatic carbocycles. The minimum Gasteiger partial charge on any atom is -0.392 e. The van der Waals surface area contributed by atoms with Gasteiger partial charge in [-0.25, -0.2) is 0 Å². The van der Waals surface area contributed by atoms with Crippen molar-refractivity contribution in [1.82, 2.24) is 4.98 Å². The molecule has 1 fully saturated rings. The quantitative estimate of drug-likeness (QED) is 0.868. The molecule has 0 aromatic carbocycles. The van der Waals surface area contributed by atoms with Crippen LogP contribution in [0.25, 0.3) is 0 Å². The normalized spacial score (nSPS) is 20.5. The van der Waals surface area contributed by atoms with E-state index in [1.807, 2.05) is 12.1 Å². The van der Waals surface area contributed by atoms with Crippen molar-refractivity contribution >= 4 is 0 Å². The average Bonchev–Trinajstić information content (AvgIpc) is 2.29. The summed E-state index contributed by atoms with van der Waals surface area (Å²) < 4.78 is 0. The maximum atomic E-state index is 10.3. The maximum Gasteiger partial charge on any atom is 0.0608 e. The van der Waals surface area contributed by atoms with Crippen LogP contribution in [0.5, 0.6) is 0 Å². The average molecular weight is 233 g/mol. The number of hydrogen-bond donors (Lipinski definition) is 1. The first-order valence-electron chi connectivity index (χ1n) is 6.93. The van der Waals surface area contributed by atoms with Crippen molar-refractivity contribution in [3.63, 3.8) is 0 Å². The van der Waals surface area contributed by atoms with Gasteiger partial charge < -0.3 is 5.11 Å². The van der Waals surface area contributed by atoms with Gasteiger partial charge in [-0.15, -0.1) is 0 Å². The van der Waals surface area contributed by atoms with Crippen LogP contribution in [0.15, 0.2) is 24.5 Å². The summed E-state index contributed by atoms with van der Waals surface area (Å²) in [6, 6.07) is 4.01. The van der Waals surface area contributed by atoms with Crippen molar-refractivity contribution in [2.45, 2.75) is 57.5 Å². The molecule has 0 spiro atoms. The van der Waals surface area contributed by atoms with Crippen molar-refractivity contribution in [3.05, 3.63) is 30.1 Å². The number of aliphatic hydroxyl groups excluding tert-OH is 1. The Hall–Kier alpha value is -0.890. The fraction of sp³-hybridized carbons (Fsp3) is 0.667. The van der Waals surface area contributed by atoms with Crippen molar-refractivity contribution in [1.29, 1.82) is 0 Å². The molecule has 2 rings (SSSR count). The van der Waals surface area contributed by atoms with Gasteiger partial charge in [0.1, 0.15) is 0 Å². The summed E-state index contributed by atoms with van der Waals surface area (Å²) in [4.78, 5) is 4.01. The second-order valence-electron chi connectivity index (χ2n) is 5.23. The molecule has 94 valence electrons. The second-order valence-corrected chi connectivity index (χ2v) is 5.23. The van der Waals surface area contributed by atoms with Gasteiger partial charge >= 0.3 is 0 Å². The number of aliphatic hydroxyl groups is 1. The Morgan fingerprint density at radius 3 is 2.29 bits per heavy atom. The third-order valence-electron chi connectivity index (χ3n) is 3.89. The Bertz CT molecular complexity index is 304. The van der Waals surface area contributed by atoms with Crippen molar-refractivity contribution < 1.29 is 5.11 Å². The van der Waals surface area contributed by atoms with Crippen LogP contribution in [-0.4, -0.2) is 16.2 Å². The first-order chi connectivity index (χ1) is 8.36. The Morgan fingerprint density at radius 1 is 1.06 bits per heavy atom. The number of rotatable bonds is 3. The van der Waals surface area contributed by atoms with Gasteiger partial charge in [-0.05, 0) is 42.9 Å². The Morgan fingerprint density at radius 2 is 1.65 bits per heavy atom. The van der Waals surface area contributed by atoms with Crippen LogP contribution in [-0.2, 0) is 6.42 Å². The molecule has 2 nitrogen and oxygen atoms in total. The lowest BCUT2D eigenvalue weighted by atomic mass is 9.85. The van der Waals surface area contributed by atoms with Gasteiger partial charge in [-0.3, -0.25) is 4.98 Å². The molecule has 1 heterocycles. The molecule has 1 saturated carbocycles. The second kappa shape index (κ2) is 6.75. The summed E-state index contributed by atoms with van der Waals surface area (Å²) in [6.45, 7) is 0. The van der Waals surface area contributed by atoms with Gasteiger partial charge in [-0.2, -0.15) is 0 Å². The highest BCUT2D eigenvalue weighted by Crippen LogP contribution is 2.26. The van der Waals surface area contributed by atoms with E-state index in [9.17, 15) is 5.11 Å². The molecular formula is C15H23NO. The summed E-state index contributed by atoms with van der Waals surface area (Å²) in [5, 5.41) is 10.3. The molecule has 0 saturated heterocycles. The number of aromatic nitrogens is 1. The fourth-order valence-electron chi connectivity index (χ4n) is 2.80. The van der Waals surface area contributed by atoms with Gasteiger partial charge in [0, 0.05) is 12.4 Å². The van der Waals surface area contributed by atoms with E-state index in [1.54, 1.807) is 12.4 Å². The summed E-state index contributed by atoms with van der Waals surface area (Å²) in [5.74, 6) is 0.503. The molecule has 0 aliphatic heterocycles. The lowest BCUT2D eigenvalue weighted by Gasteiger charge is -2.24. The van der Waals surface area contributed by atoms with Crippen LogP contribution >= 0.6 is 0 Å². The molecular weight excluding hydrogens is 210 g/mol. The van der Waals surface area contributed by atoms with Crippen LogP contribution < -0.4 is 0 Å². The predicted molar refractivity (Wildman–Crippen MR) is 69.8 cm³/mol. The van der Waals surface area contributed by atoms with E-state index in [2.05, 4.69) is 4.98 Å². The molecule has 1 unspecified atom stereocenters. The van der Waals surface area contributed by atoms with E-state index in [1.165, 1.54) is 50.5 Å². The number of nitrogens with zero attached hydrogens (tertiary/aromatic N) is 1. The summed E-state index contributed by atoms with van der Waals surface area (Å²) in [5.41, 5.74) is 1.20. The van der Waals surface area contributed by atoms with Gasteiger partial charge in [0.2, 0.25) is 0 Å². The largest absolute Gasteiger partial charge is 0.392 e. The van der Waals surface area contributed by atoms with E-state index in [-0.39, 0.29) is 6.10 Å². The minimum absolute atomic E-state index is 0.171. The molecule has 0 radical (unpaired) electrons. The molecule has 0 amide bonds. The molecule has 1 N–H and O–H groups in total. The SMILES string of the molecule is OC(Cc1ccncc1)C1CCCCCCC1. The Balaban J connectivity index is 1.87. The third-order valence-corrected chi connectivity index (χ3v) is 3.89. The first kappa shape index (κ1) is 12.6. The van der Waals surface area contributed by atoms with Crippen molar-refractivity contribution in [2.75, 3.05) is 0 Å². The summed E-state index contributed by atoms with van der Waals surface area (Å²) >= 11 is 0. The van der Waals surface area contributed by atoms with Crippen LogP contribution in [0.4, 0.5) is 0 Å².